The van der Waals surface area contributed by atoms with E-state index in [1.165, 1.54) is 6.92 Å². The third-order valence-corrected chi connectivity index (χ3v) is 2.76. The molecule has 7 nitrogen and oxygen atoms in total. The minimum Gasteiger partial charge on any atom is -0.438 e. The zero-order chi connectivity index (χ0) is 15.4. The van der Waals surface area contributed by atoms with Crippen LogP contribution in [0.1, 0.15) is 6.92 Å². The van der Waals surface area contributed by atoms with Crippen LogP contribution in [0.15, 0.2) is 54.9 Å². The summed E-state index contributed by atoms with van der Waals surface area (Å²) in [6.07, 6.45) is 3.45. The minimum atomic E-state index is -0.117. The maximum absolute atomic E-state index is 11.0. The van der Waals surface area contributed by atoms with Gasteiger partial charge in [-0.05, 0) is 36.4 Å². The molecule has 0 atom stereocenters. The van der Waals surface area contributed by atoms with Crippen LogP contribution in [-0.4, -0.2) is 25.9 Å². The van der Waals surface area contributed by atoms with Crippen LogP contribution in [0.25, 0.3) is 5.82 Å². The molecule has 22 heavy (non-hydrogen) atoms. The topological polar surface area (TPSA) is 81.9 Å². The molecule has 1 N–H and O–H groups in total. The van der Waals surface area contributed by atoms with Gasteiger partial charge in [0.15, 0.2) is 5.82 Å². The van der Waals surface area contributed by atoms with Gasteiger partial charge >= 0.3 is 0 Å². The lowest BCUT2D eigenvalue weighted by molar-refractivity contribution is -0.114. The Morgan fingerprint density at radius 3 is 2.55 bits per heavy atom. The number of carbonyl (C=O) groups is 1. The number of amides is 1. The van der Waals surface area contributed by atoms with Gasteiger partial charge in [-0.2, -0.15) is 5.10 Å². The molecule has 2 heterocycles. The molecule has 0 bridgehead atoms. The lowest BCUT2D eigenvalue weighted by atomic mass is 10.3. The van der Waals surface area contributed by atoms with Crippen molar-refractivity contribution < 1.29 is 9.53 Å². The first-order valence-corrected chi connectivity index (χ1v) is 6.60. The highest BCUT2D eigenvalue weighted by Gasteiger charge is 2.03. The minimum absolute atomic E-state index is 0.117. The van der Waals surface area contributed by atoms with E-state index in [0.717, 1.165) is 0 Å². The highest BCUT2D eigenvalue weighted by atomic mass is 16.5. The Morgan fingerprint density at radius 1 is 1.14 bits per heavy atom. The molecule has 0 unspecified atom stereocenters. The zero-order valence-electron chi connectivity index (χ0n) is 11.8. The number of nitrogens with zero attached hydrogens (tertiary/aromatic N) is 4. The van der Waals surface area contributed by atoms with Crippen LogP contribution in [0, 0.1) is 0 Å². The van der Waals surface area contributed by atoms with Gasteiger partial charge in [-0.3, -0.25) is 4.79 Å². The molecule has 110 valence electrons. The summed E-state index contributed by atoms with van der Waals surface area (Å²) in [6.45, 7) is 1.46. The van der Waals surface area contributed by atoms with Crippen molar-refractivity contribution in [2.75, 3.05) is 5.32 Å². The number of benzene rings is 1. The Bertz CT molecular complexity index is 752. The number of carbonyl (C=O) groups excluding carboxylic acids is 1. The van der Waals surface area contributed by atoms with Gasteiger partial charge in [-0.15, -0.1) is 10.2 Å². The van der Waals surface area contributed by atoms with Gasteiger partial charge in [0.25, 0.3) is 0 Å². The number of nitrogens with one attached hydrogen (secondary N) is 1. The van der Waals surface area contributed by atoms with E-state index < -0.39 is 0 Å². The molecule has 0 aliphatic heterocycles. The second kappa shape index (κ2) is 6.04. The first-order valence-electron chi connectivity index (χ1n) is 6.60. The number of ether oxygens (including phenoxy) is 1. The maximum atomic E-state index is 11.0. The summed E-state index contributed by atoms with van der Waals surface area (Å²) in [7, 11) is 0. The molecular formula is C15H13N5O2. The molecule has 3 aromatic rings. The standard InChI is InChI=1S/C15H13N5O2/c1-11(21)17-12-3-5-13(6-4-12)22-15-8-7-14(18-19-15)20-10-2-9-16-20/h2-10H,1H3,(H,17,21). The van der Waals surface area contributed by atoms with Crippen LogP contribution >= 0.6 is 0 Å². The van der Waals surface area contributed by atoms with Crippen molar-refractivity contribution >= 4 is 11.6 Å². The lowest BCUT2D eigenvalue weighted by Gasteiger charge is -2.06. The lowest BCUT2D eigenvalue weighted by Crippen LogP contribution is -2.05. The molecule has 1 aromatic carbocycles. The average Bonchev–Trinajstić information content (AvgIpc) is 3.04. The Balaban J connectivity index is 1.69. The van der Waals surface area contributed by atoms with Gasteiger partial charge in [0.2, 0.25) is 11.8 Å². The fourth-order valence-corrected chi connectivity index (χ4v) is 1.82. The number of anilines is 1. The molecule has 0 saturated carbocycles. The second-order valence-electron chi connectivity index (χ2n) is 4.49. The first kappa shape index (κ1) is 13.7. The number of rotatable bonds is 4. The van der Waals surface area contributed by atoms with Crippen molar-refractivity contribution in [1.29, 1.82) is 0 Å². The summed E-state index contributed by atoms with van der Waals surface area (Å²) >= 11 is 0. The number of aromatic nitrogens is 4. The summed E-state index contributed by atoms with van der Waals surface area (Å²) < 4.78 is 7.20. The van der Waals surface area contributed by atoms with Gasteiger partial charge in [-0.1, -0.05) is 0 Å². The van der Waals surface area contributed by atoms with Crippen LogP contribution in [-0.2, 0) is 4.79 Å². The molecule has 1 amide bonds. The summed E-state index contributed by atoms with van der Waals surface area (Å²) in [5.74, 6) is 1.48. The Labute approximate surface area is 126 Å². The molecule has 0 spiro atoms. The molecule has 0 aliphatic rings. The van der Waals surface area contributed by atoms with E-state index >= 15 is 0 Å². The van der Waals surface area contributed by atoms with E-state index in [1.807, 2.05) is 6.07 Å². The van der Waals surface area contributed by atoms with Crippen LogP contribution < -0.4 is 10.1 Å². The van der Waals surface area contributed by atoms with Gasteiger partial charge in [0, 0.05) is 31.1 Å². The number of hydrogen-bond acceptors (Lipinski definition) is 5. The van der Waals surface area contributed by atoms with Crippen molar-refractivity contribution in [2.45, 2.75) is 6.92 Å². The molecule has 0 radical (unpaired) electrons. The third kappa shape index (κ3) is 3.26. The quantitative estimate of drug-likeness (QED) is 0.799. The van der Waals surface area contributed by atoms with Gasteiger partial charge in [0.05, 0.1) is 0 Å². The van der Waals surface area contributed by atoms with Crippen molar-refractivity contribution in [1.82, 2.24) is 20.0 Å². The molecule has 0 saturated heterocycles. The zero-order valence-corrected chi connectivity index (χ0v) is 11.8. The highest BCUT2D eigenvalue weighted by Crippen LogP contribution is 2.21. The van der Waals surface area contributed by atoms with Crippen molar-refractivity contribution in [2.24, 2.45) is 0 Å². The SMILES string of the molecule is CC(=O)Nc1ccc(Oc2ccc(-n3cccn3)nn2)cc1. The molecular weight excluding hydrogens is 282 g/mol. The van der Waals surface area contributed by atoms with Crippen LogP contribution in [0.5, 0.6) is 11.6 Å². The molecule has 3 rings (SSSR count). The third-order valence-electron chi connectivity index (χ3n) is 2.76. The predicted molar refractivity (Wildman–Crippen MR) is 80.0 cm³/mol. The Morgan fingerprint density at radius 2 is 1.95 bits per heavy atom. The van der Waals surface area contributed by atoms with Crippen LogP contribution in [0.4, 0.5) is 5.69 Å². The predicted octanol–water partition coefficient (Wildman–Crippen LogP) is 2.41. The van der Waals surface area contributed by atoms with Crippen molar-refractivity contribution in [3.8, 4) is 17.4 Å². The van der Waals surface area contributed by atoms with E-state index in [4.69, 9.17) is 4.74 Å². The van der Waals surface area contributed by atoms with Crippen LogP contribution in [0.2, 0.25) is 0 Å². The molecule has 7 heteroatoms. The fraction of sp³-hybridized carbons (Fsp3) is 0.0667. The summed E-state index contributed by atoms with van der Waals surface area (Å²) in [5.41, 5.74) is 0.708. The van der Waals surface area contributed by atoms with E-state index in [-0.39, 0.29) is 5.91 Å². The summed E-state index contributed by atoms with van der Waals surface area (Å²) in [4.78, 5) is 11.0. The first-order chi connectivity index (χ1) is 10.7. The van der Waals surface area contributed by atoms with Crippen molar-refractivity contribution in [3.63, 3.8) is 0 Å². The Kier molecular flexibility index (Phi) is 3.78. The van der Waals surface area contributed by atoms with Gasteiger partial charge in [0.1, 0.15) is 5.75 Å². The highest BCUT2D eigenvalue weighted by molar-refractivity contribution is 5.88. The van der Waals surface area contributed by atoms with Gasteiger partial charge < -0.3 is 10.1 Å². The monoisotopic (exact) mass is 295 g/mol. The van der Waals surface area contributed by atoms with Gasteiger partial charge in [-0.25, -0.2) is 4.68 Å². The van der Waals surface area contributed by atoms with Crippen molar-refractivity contribution in [3.05, 3.63) is 54.9 Å². The summed E-state index contributed by atoms with van der Waals surface area (Å²) in [5, 5.41) is 14.8. The number of hydrogen-bond donors (Lipinski definition) is 1. The van der Waals surface area contributed by atoms with E-state index in [9.17, 15) is 4.79 Å². The largest absolute Gasteiger partial charge is 0.438 e. The Hall–Kier alpha value is -3.22. The van der Waals surface area contributed by atoms with E-state index in [0.29, 0.717) is 23.1 Å². The van der Waals surface area contributed by atoms with E-state index in [2.05, 4.69) is 20.6 Å². The summed E-state index contributed by atoms with van der Waals surface area (Å²) in [6, 6.07) is 12.3. The smallest absolute Gasteiger partial charge is 0.238 e. The fourth-order valence-electron chi connectivity index (χ4n) is 1.82. The van der Waals surface area contributed by atoms with E-state index in [1.54, 1.807) is 53.5 Å². The molecule has 0 aliphatic carbocycles. The van der Waals surface area contributed by atoms with Crippen LogP contribution in [0.3, 0.4) is 0 Å². The molecule has 2 aromatic heterocycles. The second-order valence-corrected chi connectivity index (χ2v) is 4.49. The molecule has 0 fully saturated rings. The normalized spacial score (nSPS) is 10.2. The average molecular weight is 295 g/mol. The maximum Gasteiger partial charge on any atom is 0.238 e.